The zero-order valence-electron chi connectivity index (χ0n) is 6.32. The van der Waals surface area contributed by atoms with Crippen LogP contribution < -0.4 is 0 Å². The highest BCUT2D eigenvalue weighted by atomic mass is 16.5. The molecule has 0 bridgehead atoms. The first-order valence-electron chi connectivity index (χ1n) is 3.79. The average Bonchev–Trinajstić information content (AvgIpc) is 2.03. The third kappa shape index (κ3) is 3.18. The van der Waals surface area contributed by atoms with E-state index in [1.54, 1.807) is 0 Å². The molecule has 0 amide bonds. The lowest BCUT2D eigenvalue weighted by Crippen LogP contribution is -2.17. The second-order valence-electron chi connectivity index (χ2n) is 2.60. The highest BCUT2D eigenvalue weighted by Gasteiger charge is 2.09. The first kappa shape index (κ1) is 8.27. The molecular weight excluding hydrogens is 144 g/mol. The Morgan fingerprint density at radius 1 is 1.73 bits per heavy atom. The van der Waals surface area contributed by atoms with E-state index < -0.39 is 5.97 Å². The Morgan fingerprint density at radius 3 is 3.09 bits per heavy atom. The number of hydrogen-bond donors (Lipinski definition) is 1. The van der Waals surface area contributed by atoms with Crippen LogP contribution in [0.2, 0.25) is 0 Å². The first-order chi connectivity index (χ1) is 5.29. The van der Waals surface area contributed by atoms with Gasteiger partial charge in [0.15, 0.2) is 0 Å². The minimum Gasteiger partial charge on any atom is -0.480 e. The maximum atomic E-state index is 10.1. The largest absolute Gasteiger partial charge is 0.480 e. The predicted octanol–water partition coefficient (Wildman–Crippen LogP) is 1.20. The summed E-state index contributed by atoms with van der Waals surface area (Å²) in [6.45, 7) is -0.186. The van der Waals surface area contributed by atoms with Crippen LogP contribution in [0.4, 0.5) is 0 Å². The van der Waals surface area contributed by atoms with E-state index in [4.69, 9.17) is 9.84 Å². The summed E-state index contributed by atoms with van der Waals surface area (Å²) < 4.78 is 5.06. The lowest BCUT2D eigenvalue weighted by Gasteiger charge is -2.15. The smallest absolute Gasteiger partial charge is 0.329 e. The van der Waals surface area contributed by atoms with Crippen molar-refractivity contribution in [3.63, 3.8) is 0 Å². The molecule has 3 nitrogen and oxygen atoms in total. The van der Waals surface area contributed by atoms with Crippen molar-refractivity contribution in [2.75, 3.05) is 6.61 Å². The molecule has 0 saturated carbocycles. The standard InChI is InChI=1S/C8H12O3/c9-8(10)6-11-7-4-2-1-3-5-7/h2,4,7H,1,3,5-6H2,(H,9,10). The van der Waals surface area contributed by atoms with Crippen LogP contribution in [0.15, 0.2) is 12.2 Å². The van der Waals surface area contributed by atoms with E-state index in [2.05, 4.69) is 0 Å². The minimum absolute atomic E-state index is 0.0276. The van der Waals surface area contributed by atoms with Gasteiger partial charge in [-0.2, -0.15) is 0 Å². The molecule has 0 aliphatic heterocycles. The summed E-state index contributed by atoms with van der Waals surface area (Å²) >= 11 is 0. The van der Waals surface area contributed by atoms with Gasteiger partial charge in [-0.05, 0) is 19.3 Å². The van der Waals surface area contributed by atoms with Gasteiger partial charge in [0.1, 0.15) is 6.61 Å². The molecule has 1 unspecified atom stereocenters. The molecule has 1 N–H and O–H groups in total. The highest BCUT2D eigenvalue weighted by molar-refractivity contribution is 5.68. The maximum absolute atomic E-state index is 10.1. The van der Waals surface area contributed by atoms with Crippen LogP contribution in [0, 0.1) is 0 Å². The summed E-state index contributed by atoms with van der Waals surface area (Å²) in [6, 6.07) is 0. The second-order valence-corrected chi connectivity index (χ2v) is 2.60. The Hall–Kier alpha value is -0.830. The number of aliphatic carboxylic acids is 1. The Balaban J connectivity index is 2.20. The number of allylic oxidation sites excluding steroid dienone is 1. The average molecular weight is 156 g/mol. The Bertz CT molecular complexity index is 163. The van der Waals surface area contributed by atoms with Gasteiger partial charge in [0.05, 0.1) is 6.10 Å². The summed E-state index contributed by atoms with van der Waals surface area (Å²) in [5.41, 5.74) is 0. The van der Waals surface area contributed by atoms with E-state index in [-0.39, 0.29) is 12.7 Å². The first-order valence-corrected chi connectivity index (χ1v) is 3.79. The number of hydrogen-bond acceptors (Lipinski definition) is 2. The number of ether oxygens (including phenoxy) is 1. The zero-order chi connectivity index (χ0) is 8.10. The van der Waals surface area contributed by atoms with Crippen molar-refractivity contribution in [2.45, 2.75) is 25.4 Å². The number of carbonyl (C=O) groups is 1. The fourth-order valence-corrected chi connectivity index (χ4v) is 1.10. The van der Waals surface area contributed by atoms with Gasteiger partial charge in [-0.25, -0.2) is 4.79 Å². The molecular formula is C8H12O3. The van der Waals surface area contributed by atoms with Gasteiger partial charge in [0, 0.05) is 0 Å². The van der Waals surface area contributed by atoms with E-state index in [0.29, 0.717) is 0 Å². The molecule has 0 fully saturated rings. The van der Waals surface area contributed by atoms with Crippen LogP contribution in [0.1, 0.15) is 19.3 Å². The molecule has 1 rings (SSSR count). The van der Waals surface area contributed by atoms with Crippen molar-refractivity contribution >= 4 is 5.97 Å². The van der Waals surface area contributed by atoms with Crippen molar-refractivity contribution < 1.29 is 14.6 Å². The monoisotopic (exact) mass is 156 g/mol. The van der Waals surface area contributed by atoms with E-state index in [9.17, 15) is 4.79 Å². The van der Waals surface area contributed by atoms with Crippen LogP contribution in [-0.2, 0) is 9.53 Å². The van der Waals surface area contributed by atoms with Gasteiger partial charge in [-0.3, -0.25) is 0 Å². The third-order valence-corrected chi connectivity index (χ3v) is 1.63. The molecule has 1 aliphatic rings. The number of carboxylic acids is 1. The lowest BCUT2D eigenvalue weighted by atomic mass is 10.1. The normalized spacial score (nSPS) is 23.5. The van der Waals surface area contributed by atoms with Crippen LogP contribution >= 0.6 is 0 Å². The molecule has 0 aromatic rings. The van der Waals surface area contributed by atoms with Crippen molar-refractivity contribution in [1.82, 2.24) is 0 Å². The zero-order valence-corrected chi connectivity index (χ0v) is 6.32. The van der Waals surface area contributed by atoms with Gasteiger partial charge in [-0.1, -0.05) is 12.2 Å². The van der Waals surface area contributed by atoms with Gasteiger partial charge >= 0.3 is 5.97 Å². The molecule has 1 aliphatic carbocycles. The van der Waals surface area contributed by atoms with Crippen LogP contribution in [-0.4, -0.2) is 23.8 Å². The Labute approximate surface area is 65.7 Å². The summed E-state index contributed by atoms with van der Waals surface area (Å²) in [5, 5.41) is 8.30. The highest BCUT2D eigenvalue weighted by Crippen LogP contribution is 2.12. The summed E-state index contributed by atoms with van der Waals surface area (Å²) in [6.07, 6.45) is 7.14. The minimum atomic E-state index is -0.899. The van der Waals surface area contributed by atoms with Crippen molar-refractivity contribution in [3.8, 4) is 0 Å². The molecule has 11 heavy (non-hydrogen) atoms. The number of rotatable bonds is 3. The quantitative estimate of drug-likeness (QED) is 0.624. The van der Waals surface area contributed by atoms with Gasteiger partial charge in [-0.15, -0.1) is 0 Å². The van der Waals surface area contributed by atoms with Crippen LogP contribution in [0.5, 0.6) is 0 Å². The topological polar surface area (TPSA) is 46.5 Å². The molecule has 0 aromatic carbocycles. The molecule has 0 aromatic heterocycles. The van der Waals surface area contributed by atoms with Crippen LogP contribution in [0.3, 0.4) is 0 Å². The SMILES string of the molecule is O=C(O)COC1C=CCCC1. The van der Waals surface area contributed by atoms with Crippen molar-refractivity contribution in [3.05, 3.63) is 12.2 Å². The summed E-state index contributed by atoms with van der Waals surface area (Å²) in [4.78, 5) is 10.1. The maximum Gasteiger partial charge on any atom is 0.329 e. The van der Waals surface area contributed by atoms with E-state index in [1.807, 2.05) is 12.2 Å². The Kier molecular flexibility index (Phi) is 3.11. The third-order valence-electron chi connectivity index (χ3n) is 1.63. The molecule has 3 heteroatoms. The second kappa shape index (κ2) is 4.13. The van der Waals surface area contributed by atoms with E-state index in [0.717, 1.165) is 19.3 Å². The van der Waals surface area contributed by atoms with Gasteiger partial charge in [0.25, 0.3) is 0 Å². The lowest BCUT2D eigenvalue weighted by molar-refractivity contribution is -0.143. The predicted molar refractivity (Wildman–Crippen MR) is 40.4 cm³/mol. The van der Waals surface area contributed by atoms with Gasteiger partial charge < -0.3 is 9.84 Å². The molecule has 62 valence electrons. The van der Waals surface area contributed by atoms with E-state index in [1.165, 1.54) is 0 Å². The van der Waals surface area contributed by atoms with Gasteiger partial charge in [0.2, 0.25) is 0 Å². The molecule has 0 heterocycles. The number of carboxylic acid groups (broad SMARTS) is 1. The fourth-order valence-electron chi connectivity index (χ4n) is 1.10. The van der Waals surface area contributed by atoms with Crippen molar-refractivity contribution in [2.24, 2.45) is 0 Å². The molecule has 0 radical (unpaired) electrons. The van der Waals surface area contributed by atoms with Crippen molar-refractivity contribution in [1.29, 1.82) is 0 Å². The summed E-state index contributed by atoms with van der Waals surface area (Å²) in [5.74, 6) is -0.899. The summed E-state index contributed by atoms with van der Waals surface area (Å²) in [7, 11) is 0. The van der Waals surface area contributed by atoms with E-state index >= 15 is 0 Å². The molecule has 0 spiro atoms. The molecule has 1 atom stereocenters. The van der Waals surface area contributed by atoms with Crippen LogP contribution in [0.25, 0.3) is 0 Å². The fraction of sp³-hybridized carbons (Fsp3) is 0.625. The molecule has 0 saturated heterocycles. The Morgan fingerprint density at radius 2 is 2.55 bits per heavy atom.